The molecule has 0 amide bonds. The summed E-state index contributed by atoms with van der Waals surface area (Å²) in [6.07, 6.45) is -0.689. The average Bonchev–Trinajstić information content (AvgIpc) is 2.87. The SMILES string of the molecule is Cc1ccc(C2=NC(C)(C)CO2)c([C@@H](O)c2ccccc2)c1. The van der Waals surface area contributed by atoms with Crippen molar-refractivity contribution in [2.24, 2.45) is 4.99 Å². The monoisotopic (exact) mass is 295 g/mol. The van der Waals surface area contributed by atoms with Gasteiger partial charge in [-0.15, -0.1) is 0 Å². The summed E-state index contributed by atoms with van der Waals surface area (Å²) in [6, 6.07) is 15.7. The van der Waals surface area contributed by atoms with E-state index in [1.807, 2.05) is 69.3 Å². The lowest BCUT2D eigenvalue weighted by atomic mass is 9.95. The topological polar surface area (TPSA) is 41.8 Å². The zero-order chi connectivity index (χ0) is 15.7. The second-order valence-corrected chi connectivity index (χ2v) is 6.42. The largest absolute Gasteiger partial charge is 0.475 e. The first-order valence-corrected chi connectivity index (χ1v) is 7.53. The second-order valence-electron chi connectivity index (χ2n) is 6.42. The Morgan fingerprint density at radius 2 is 1.86 bits per heavy atom. The number of nitrogens with zero attached hydrogens (tertiary/aromatic N) is 1. The summed E-state index contributed by atoms with van der Waals surface area (Å²) in [4.78, 5) is 4.64. The van der Waals surface area contributed by atoms with Crippen molar-refractivity contribution in [1.82, 2.24) is 0 Å². The Hall–Kier alpha value is -2.13. The average molecular weight is 295 g/mol. The van der Waals surface area contributed by atoms with Crippen LogP contribution in [0.4, 0.5) is 0 Å². The van der Waals surface area contributed by atoms with E-state index in [1.54, 1.807) is 0 Å². The molecule has 2 aromatic rings. The van der Waals surface area contributed by atoms with Crippen LogP contribution in [0.3, 0.4) is 0 Å². The number of aryl methyl sites for hydroxylation is 1. The van der Waals surface area contributed by atoms with Crippen molar-refractivity contribution in [3.8, 4) is 0 Å². The maximum absolute atomic E-state index is 10.8. The molecule has 1 N–H and O–H groups in total. The standard InChI is InChI=1S/C19H21NO2/c1-13-9-10-15(18-20-19(2,3)12-22-18)16(11-13)17(21)14-7-5-4-6-8-14/h4-11,17,21H,12H2,1-3H3/t17-/m0/s1. The Bertz CT molecular complexity index is 705. The molecule has 0 fully saturated rings. The number of aliphatic imine (C=N–C) groups is 1. The summed E-state index contributed by atoms with van der Waals surface area (Å²) >= 11 is 0. The minimum absolute atomic E-state index is 0.213. The predicted molar refractivity (Wildman–Crippen MR) is 88.3 cm³/mol. The van der Waals surface area contributed by atoms with Gasteiger partial charge in [0.2, 0.25) is 5.90 Å². The molecule has 1 heterocycles. The van der Waals surface area contributed by atoms with Gasteiger partial charge >= 0.3 is 0 Å². The van der Waals surface area contributed by atoms with E-state index in [0.717, 1.165) is 22.3 Å². The first-order valence-electron chi connectivity index (χ1n) is 7.53. The third-order valence-electron chi connectivity index (χ3n) is 3.81. The molecule has 0 radical (unpaired) electrons. The van der Waals surface area contributed by atoms with Gasteiger partial charge in [0.1, 0.15) is 12.7 Å². The quantitative estimate of drug-likeness (QED) is 0.939. The number of hydrogen-bond donors (Lipinski definition) is 1. The van der Waals surface area contributed by atoms with Gasteiger partial charge in [0.25, 0.3) is 0 Å². The minimum Gasteiger partial charge on any atom is -0.475 e. The molecule has 0 aliphatic carbocycles. The highest BCUT2D eigenvalue weighted by molar-refractivity contribution is 5.97. The van der Waals surface area contributed by atoms with E-state index in [4.69, 9.17) is 4.74 Å². The number of ether oxygens (including phenoxy) is 1. The zero-order valence-corrected chi connectivity index (χ0v) is 13.2. The van der Waals surface area contributed by atoms with Gasteiger partial charge in [0.15, 0.2) is 0 Å². The highest BCUT2D eigenvalue weighted by atomic mass is 16.5. The van der Waals surface area contributed by atoms with E-state index in [1.165, 1.54) is 0 Å². The Morgan fingerprint density at radius 3 is 2.50 bits per heavy atom. The fraction of sp³-hybridized carbons (Fsp3) is 0.316. The van der Waals surface area contributed by atoms with Crippen LogP contribution in [0.25, 0.3) is 0 Å². The van der Waals surface area contributed by atoms with Crippen molar-refractivity contribution in [2.45, 2.75) is 32.4 Å². The fourth-order valence-electron chi connectivity index (χ4n) is 2.64. The van der Waals surface area contributed by atoms with Gasteiger partial charge in [-0.3, -0.25) is 0 Å². The van der Waals surface area contributed by atoms with Crippen molar-refractivity contribution in [3.05, 3.63) is 70.8 Å². The van der Waals surface area contributed by atoms with Gasteiger partial charge in [-0.05, 0) is 38.0 Å². The van der Waals surface area contributed by atoms with Crippen LogP contribution in [0.15, 0.2) is 53.5 Å². The van der Waals surface area contributed by atoms with Gasteiger partial charge in [0, 0.05) is 5.56 Å². The summed E-state index contributed by atoms with van der Waals surface area (Å²) in [5.74, 6) is 0.620. The number of hydrogen-bond acceptors (Lipinski definition) is 3. The molecular weight excluding hydrogens is 274 g/mol. The third kappa shape index (κ3) is 2.90. The maximum Gasteiger partial charge on any atom is 0.217 e. The van der Waals surface area contributed by atoms with Crippen LogP contribution < -0.4 is 0 Å². The van der Waals surface area contributed by atoms with Crippen LogP contribution in [0.2, 0.25) is 0 Å². The van der Waals surface area contributed by atoms with Crippen molar-refractivity contribution in [1.29, 1.82) is 0 Å². The first kappa shape index (κ1) is 14.8. The normalized spacial score (nSPS) is 17.7. The summed E-state index contributed by atoms with van der Waals surface area (Å²) in [5, 5.41) is 10.8. The molecule has 1 aliphatic heterocycles. The maximum atomic E-state index is 10.8. The van der Waals surface area contributed by atoms with E-state index >= 15 is 0 Å². The second kappa shape index (κ2) is 5.58. The first-order chi connectivity index (χ1) is 10.5. The van der Waals surface area contributed by atoms with E-state index in [0.29, 0.717) is 12.5 Å². The molecule has 0 saturated heterocycles. The Kier molecular flexibility index (Phi) is 3.75. The van der Waals surface area contributed by atoms with Crippen molar-refractivity contribution in [3.63, 3.8) is 0 Å². The fourth-order valence-corrected chi connectivity index (χ4v) is 2.64. The summed E-state index contributed by atoms with van der Waals surface area (Å²) in [7, 11) is 0. The molecule has 3 nitrogen and oxygen atoms in total. The van der Waals surface area contributed by atoms with Crippen LogP contribution in [0.5, 0.6) is 0 Å². The highest BCUT2D eigenvalue weighted by Gasteiger charge is 2.29. The van der Waals surface area contributed by atoms with Crippen LogP contribution in [0.1, 0.15) is 42.2 Å². The molecule has 0 unspecified atom stereocenters. The molecular formula is C19H21NO2. The van der Waals surface area contributed by atoms with Crippen LogP contribution in [-0.2, 0) is 4.74 Å². The van der Waals surface area contributed by atoms with Crippen LogP contribution in [0, 0.1) is 6.92 Å². The summed E-state index contributed by atoms with van der Waals surface area (Å²) in [6.45, 7) is 6.67. The third-order valence-corrected chi connectivity index (χ3v) is 3.81. The molecule has 3 rings (SSSR count). The molecule has 2 aromatic carbocycles. The molecule has 0 aromatic heterocycles. The predicted octanol–water partition coefficient (Wildman–Crippen LogP) is 3.63. The number of aliphatic hydroxyl groups is 1. The lowest BCUT2D eigenvalue weighted by molar-refractivity contribution is 0.219. The van der Waals surface area contributed by atoms with E-state index in [-0.39, 0.29) is 5.54 Å². The lowest BCUT2D eigenvalue weighted by Gasteiger charge is -2.16. The molecule has 114 valence electrons. The zero-order valence-electron chi connectivity index (χ0n) is 13.2. The van der Waals surface area contributed by atoms with Gasteiger partial charge in [-0.1, -0.05) is 48.0 Å². The lowest BCUT2D eigenvalue weighted by Crippen LogP contribution is -2.17. The molecule has 0 spiro atoms. The summed E-state index contributed by atoms with van der Waals surface area (Å²) in [5.41, 5.74) is 3.46. The Morgan fingerprint density at radius 1 is 1.14 bits per heavy atom. The van der Waals surface area contributed by atoms with E-state index < -0.39 is 6.10 Å². The molecule has 0 bridgehead atoms. The molecule has 1 aliphatic rings. The number of rotatable bonds is 3. The Labute approximate surface area is 131 Å². The smallest absolute Gasteiger partial charge is 0.217 e. The van der Waals surface area contributed by atoms with E-state index in [9.17, 15) is 5.11 Å². The molecule has 0 saturated carbocycles. The molecule has 1 atom stereocenters. The minimum atomic E-state index is -0.689. The molecule has 22 heavy (non-hydrogen) atoms. The van der Waals surface area contributed by atoms with Crippen LogP contribution >= 0.6 is 0 Å². The summed E-state index contributed by atoms with van der Waals surface area (Å²) < 4.78 is 5.76. The highest BCUT2D eigenvalue weighted by Crippen LogP contribution is 2.29. The number of benzene rings is 2. The van der Waals surface area contributed by atoms with Crippen LogP contribution in [-0.4, -0.2) is 23.2 Å². The van der Waals surface area contributed by atoms with E-state index in [2.05, 4.69) is 4.99 Å². The Balaban J connectivity index is 2.06. The van der Waals surface area contributed by atoms with Gasteiger partial charge in [0.05, 0.1) is 5.54 Å². The van der Waals surface area contributed by atoms with Gasteiger partial charge in [-0.25, -0.2) is 4.99 Å². The number of aliphatic hydroxyl groups excluding tert-OH is 1. The van der Waals surface area contributed by atoms with Crippen molar-refractivity contribution in [2.75, 3.05) is 6.61 Å². The van der Waals surface area contributed by atoms with Gasteiger partial charge < -0.3 is 9.84 Å². The van der Waals surface area contributed by atoms with Gasteiger partial charge in [-0.2, -0.15) is 0 Å². The van der Waals surface area contributed by atoms with Crippen molar-refractivity contribution < 1.29 is 9.84 Å². The molecule has 3 heteroatoms. The van der Waals surface area contributed by atoms with Crippen molar-refractivity contribution >= 4 is 5.90 Å².